The number of nitrogens with one attached hydrogen (secondary N) is 1. The van der Waals surface area contributed by atoms with Gasteiger partial charge in [0.05, 0.1) is 10.8 Å². The number of hydrogen-bond acceptors (Lipinski definition) is 3. The van der Waals surface area contributed by atoms with Gasteiger partial charge in [0.2, 0.25) is 10.0 Å². The summed E-state index contributed by atoms with van der Waals surface area (Å²) < 4.78 is 27.0. The lowest BCUT2D eigenvalue weighted by Crippen LogP contribution is -2.33. The van der Waals surface area contributed by atoms with Gasteiger partial charge in [0.15, 0.2) is 0 Å². The van der Waals surface area contributed by atoms with Crippen molar-refractivity contribution in [3.63, 3.8) is 0 Å². The van der Waals surface area contributed by atoms with Gasteiger partial charge in [-0.3, -0.25) is 4.79 Å². The predicted octanol–water partition coefficient (Wildman–Crippen LogP) is 1.78. The van der Waals surface area contributed by atoms with Gasteiger partial charge in [-0.05, 0) is 43.4 Å². The Labute approximate surface area is 119 Å². The van der Waals surface area contributed by atoms with Gasteiger partial charge in [0.1, 0.15) is 0 Å². The van der Waals surface area contributed by atoms with Crippen molar-refractivity contribution in [2.45, 2.75) is 43.5 Å². The molecule has 1 aromatic rings. The SMILES string of the molecule is CCc1ccc(S(=O)(=O)NC2CCC(C(=O)O)C2)cc1. The Kier molecular flexibility index (Phi) is 4.45. The second-order valence-corrected chi connectivity index (χ2v) is 6.88. The maximum atomic E-state index is 12.2. The zero-order valence-corrected chi connectivity index (χ0v) is 12.2. The van der Waals surface area contributed by atoms with Gasteiger partial charge in [0.25, 0.3) is 0 Å². The van der Waals surface area contributed by atoms with Crippen LogP contribution in [0.3, 0.4) is 0 Å². The Hall–Kier alpha value is -1.40. The Morgan fingerprint density at radius 3 is 2.45 bits per heavy atom. The molecule has 0 amide bonds. The van der Waals surface area contributed by atoms with Crippen LogP contribution in [0.1, 0.15) is 31.7 Å². The predicted molar refractivity (Wildman–Crippen MR) is 74.9 cm³/mol. The molecule has 5 nitrogen and oxygen atoms in total. The third kappa shape index (κ3) is 3.37. The molecule has 1 saturated carbocycles. The standard InChI is InChI=1S/C14H19NO4S/c1-2-10-3-7-13(8-4-10)20(18,19)15-12-6-5-11(9-12)14(16)17/h3-4,7-8,11-12,15H,2,5-6,9H2,1H3,(H,16,17). The largest absolute Gasteiger partial charge is 0.481 e. The fraction of sp³-hybridized carbons (Fsp3) is 0.500. The van der Waals surface area contributed by atoms with Crippen molar-refractivity contribution in [2.24, 2.45) is 5.92 Å². The lowest BCUT2D eigenvalue weighted by Gasteiger charge is -2.13. The van der Waals surface area contributed by atoms with E-state index in [9.17, 15) is 13.2 Å². The summed E-state index contributed by atoms with van der Waals surface area (Å²) in [6, 6.07) is 6.48. The maximum Gasteiger partial charge on any atom is 0.306 e. The minimum Gasteiger partial charge on any atom is -0.481 e. The van der Waals surface area contributed by atoms with Crippen molar-refractivity contribution in [1.29, 1.82) is 0 Å². The quantitative estimate of drug-likeness (QED) is 0.867. The molecule has 0 saturated heterocycles. The van der Waals surface area contributed by atoms with Crippen LogP contribution in [0, 0.1) is 5.92 Å². The summed E-state index contributed by atoms with van der Waals surface area (Å²) in [4.78, 5) is 11.1. The summed E-state index contributed by atoms with van der Waals surface area (Å²) in [5.41, 5.74) is 1.08. The summed E-state index contributed by atoms with van der Waals surface area (Å²) in [6.45, 7) is 2.01. The molecule has 2 unspecified atom stereocenters. The van der Waals surface area contributed by atoms with E-state index in [1.165, 1.54) is 0 Å². The highest BCUT2D eigenvalue weighted by atomic mass is 32.2. The van der Waals surface area contributed by atoms with E-state index in [2.05, 4.69) is 4.72 Å². The molecule has 0 aromatic heterocycles. The summed E-state index contributed by atoms with van der Waals surface area (Å²) >= 11 is 0. The Morgan fingerprint density at radius 1 is 1.30 bits per heavy atom. The lowest BCUT2D eigenvalue weighted by molar-refractivity contribution is -0.141. The van der Waals surface area contributed by atoms with E-state index in [4.69, 9.17) is 5.11 Å². The van der Waals surface area contributed by atoms with Gasteiger partial charge < -0.3 is 5.11 Å². The molecular formula is C14H19NO4S. The molecule has 0 aliphatic heterocycles. The van der Waals surface area contributed by atoms with Crippen molar-refractivity contribution in [1.82, 2.24) is 4.72 Å². The first-order chi connectivity index (χ1) is 9.42. The number of aliphatic carboxylic acids is 1. The number of carboxylic acid groups (broad SMARTS) is 1. The Balaban J connectivity index is 2.06. The molecule has 0 bridgehead atoms. The Bertz CT molecular complexity index is 580. The van der Waals surface area contributed by atoms with Crippen molar-refractivity contribution in [3.05, 3.63) is 29.8 Å². The minimum absolute atomic E-state index is 0.230. The van der Waals surface area contributed by atoms with Crippen LogP contribution in [0.2, 0.25) is 0 Å². The van der Waals surface area contributed by atoms with Gasteiger partial charge in [-0.25, -0.2) is 13.1 Å². The number of aryl methyl sites for hydroxylation is 1. The van der Waals surface area contributed by atoms with Crippen LogP contribution in [-0.2, 0) is 21.2 Å². The fourth-order valence-electron chi connectivity index (χ4n) is 2.50. The molecule has 1 fully saturated rings. The summed E-state index contributed by atoms with van der Waals surface area (Å²) in [6.07, 6.45) is 2.32. The van der Waals surface area contributed by atoms with Gasteiger partial charge in [-0.1, -0.05) is 19.1 Å². The molecule has 2 N–H and O–H groups in total. The molecule has 6 heteroatoms. The fourth-order valence-corrected chi connectivity index (χ4v) is 3.79. The molecule has 0 spiro atoms. The lowest BCUT2D eigenvalue weighted by atomic mass is 10.1. The number of hydrogen-bond donors (Lipinski definition) is 2. The van der Waals surface area contributed by atoms with E-state index in [0.29, 0.717) is 19.3 Å². The average molecular weight is 297 g/mol. The highest BCUT2D eigenvalue weighted by Crippen LogP contribution is 2.27. The van der Waals surface area contributed by atoms with Crippen molar-refractivity contribution in [2.75, 3.05) is 0 Å². The van der Waals surface area contributed by atoms with Crippen LogP contribution in [0.15, 0.2) is 29.2 Å². The number of benzene rings is 1. The first-order valence-electron chi connectivity index (χ1n) is 6.76. The van der Waals surface area contributed by atoms with Gasteiger partial charge in [-0.2, -0.15) is 0 Å². The van der Waals surface area contributed by atoms with Crippen molar-refractivity contribution < 1.29 is 18.3 Å². The first-order valence-corrected chi connectivity index (χ1v) is 8.24. The molecular weight excluding hydrogens is 278 g/mol. The van der Waals surface area contributed by atoms with Crippen LogP contribution in [0.4, 0.5) is 0 Å². The van der Waals surface area contributed by atoms with Gasteiger partial charge >= 0.3 is 5.97 Å². The van der Waals surface area contributed by atoms with E-state index in [0.717, 1.165) is 12.0 Å². The van der Waals surface area contributed by atoms with Crippen LogP contribution < -0.4 is 4.72 Å². The smallest absolute Gasteiger partial charge is 0.306 e. The van der Waals surface area contributed by atoms with E-state index >= 15 is 0 Å². The normalized spacial score (nSPS) is 22.9. The van der Waals surface area contributed by atoms with Crippen LogP contribution in [0.25, 0.3) is 0 Å². The first kappa shape index (κ1) is 15.0. The van der Waals surface area contributed by atoms with E-state index in [1.54, 1.807) is 24.3 Å². The second-order valence-electron chi connectivity index (χ2n) is 5.16. The molecule has 0 radical (unpaired) electrons. The van der Waals surface area contributed by atoms with Crippen LogP contribution in [0.5, 0.6) is 0 Å². The third-order valence-corrected chi connectivity index (χ3v) is 5.28. The number of carboxylic acids is 1. The minimum atomic E-state index is -3.56. The van der Waals surface area contributed by atoms with Gasteiger partial charge in [0, 0.05) is 6.04 Å². The summed E-state index contributed by atoms with van der Waals surface area (Å²) in [5, 5.41) is 8.93. The zero-order chi connectivity index (χ0) is 14.8. The molecule has 0 heterocycles. The molecule has 20 heavy (non-hydrogen) atoms. The van der Waals surface area contributed by atoms with Crippen LogP contribution >= 0.6 is 0 Å². The number of carbonyl (C=O) groups is 1. The average Bonchev–Trinajstić information content (AvgIpc) is 2.87. The maximum absolute atomic E-state index is 12.2. The third-order valence-electron chi connectivity index (χ3n) is 3.75. The van der Waals surface area contributed by atoms with E-state index in [1.807, 2.05) is 6.92 Å². The Morgan fingerprint density at radius 2 is 1.95 bits per heavy atom. The monoisotopic (exact) mass is 297 g/mol. The molecule has 2 atom stereocenters. The van der Waals surface area contributed by atoms with Crippen molar-refractivity contribution >= 4 is 16.0 Å². The molecule has 1 aliphatic carbocycles. The summed E-state index contributed by atoms with van der Waals surface area (Å²) in [7, 11) is -3.56. The number of rotatable bonds is 5. The highest BCUT2D eigenvalue weighted by molar-refractivity contribution is 7.89. The van der Waals surface area contributed by atoms with Crippen LogP contribution in [-0.4, -0.2) is 25.5 Å². The number of sulfonamides is 1. The topological polar surface area (TPSA) is 83.5 Å². The summed E-state index contributed by atoms with van der Waals surface area (Å²) in [5.74, 6) is -1.29. The van der Waals surface area contributed by atoms with Crippen molar-refractivity contribution in [3.8, 4) is 0 Å². The highest BCUT2D eigenvalue weighted by Gasteiger charge is 2.32. The molecule has 1 aliphatic rings. The molecule has 2 rings (SSSR count). The van der Waals surface area contributed by atoms with E-state index < -0.39 is 21.9 Å². The van der Waals surface area contributed by atoms with E-state index in [-0.39, 0.29) is 10.9 Å². The molecule has 110 valence electrons. The molecule has 1 aromatic carbocycles. The second kappa shape index (κ2) is 5.93. The zero-order valence-electron chi connectivity index (χ0n) is 11.4. The van der Waals surface area contributed by atoms with Gasteiger partial charge in [-0.15, -0.1) is 0 Å².